The molecule has 0 saturated carbocycles. The number of aromatic nitrogens is 3. The Morgan fingerprint density at radius 3 is 1.51 bits per heavy atom. The smallest absolute Gasteiger partial charge is 0.399 e. The minimum atomic E-state index is -0.382. The first kappa shape index (κ1) is 25.2. The van der Waals surface area contributed by atoms with E-state index in [4.69, 9.17) is 24.3 Å². The first-order chi connectivity index (χ1) is 18.8. The van der Waals surface area contributed by atoms with Gasteiger partial charge in [-0.15, -0.1) is 0 Å². The van der Waals surface area contributed by atoms with Crippen LogP contribution in [0.5, 0.6) is 0 Å². The second-order valence-corrected chi connectivity index (χ2v) is 10.8. The van der Waals surface area contributed by atoms with E-state index in [1.54, 1.807) is 0 Å². The van der Waals surface area contributed by atoms with Crippen molar-refractivity contribution in [2.45, 2.75) is 38.9 Å². The SMILES string of the molecule is CC1(C)OB(c2ccc(-c3ccc(-c4nc(-c5ccccc5)cc(-c5ccccc5)n4)cn3)cc2)OC1(C)C. The van der Waals surface area contributed by atoms with Gasteiger partial charge in [-0.3, -0.25) is 4.98 Å². The molecule has 0 amide bonds. The molecule has 0 unspecified atom stereocenters. The Labute approximate surface area is 230 Å². The molecule has 192 valence electrons. The van der Waals surface area contributed by atoms with Crippen molar-refractivity contribution in [1.82, 2.24) is 15.0 Å². The Bertz CT molecular complexity index is 1510. The zero-order valence-electron chi connectivity index (χ0n) is 22.6. The fourth-order valence-corrected chi connectivity index (χ4v) is 4.58. The summed E-state index contributed by atoms with van der Waals surface area (Å²) >= 11 is 0. The van der Waals surface area contributed by atoms with Gasteiger partial charge in [-0.05, 0) is 51.4 Å². The van der Waals surface area contributed by atoms with Crippen LogP contribution in [0.1, 0.15) is 27.7 Å². The zero-order chi connectivity index (χ0) is 27.0. The van der Waals surface area contributed by atoms with Gasteiger partial charge in [0.15, 0.2) is 5.82 Å². The summed E-state index contributed by atoms with van der Waals surface area (Å²) in [7, 11) is -0.382. The zero-order valence-corrected chi connectivity index (χ0v) is 22.6. The van der Waals surface area contributed by atoms with E-state index in [2.05, 4.69) is 64.1 Å². The lowest BCUT2D eigenvalue weighted by molar-refractivity contribution is 0.00578. The molecular formula is C33H30BN3O2. The number of pyridine rings is 1. The van der Waals surface area contributed by atoms with Crippen LogP contribution in [0.2, 0.25) is 0 Å². The highest BCUT2D eigenvalue weighted by molar-refractivity contribution is 6.62. The molecule has 2 aromatic heterocycles. The van der Waals surface area contributed by atoms with Gasteiger partial charge in [0.05, 0.1) is 28.3 Å². The lowest BCUT2D eigenvalue weighted by Gasteiger charge is -2.32. The standard InChI is InChI=1S/C33H30BN3O2/c1-32(2)33(3,4)39-34(38-32)27-18-15-25(16-19-27)28-20-17-26(22-35-28)31-36-29(23-11-7-5-8-12-23)21-30(37-31)24-13-9-6-10-14-24/h5-22H,1-4H3. The quantitative estimate of drug-likeness (QED) is 0.242. The summed E-state index contributed by atoms with van der Waals surface area (Å²) in [4.78, 5) is 14.6. The summed E-state index contributed by atoms with van der Waals surface area (Å²) in [5.41, 5.74) is 6.87. The average Bonchev–Trinajstić information content (AvgIpc) is 3.20. The molecule has 0 spiro atoms. The topological polar surface area (TPSA) is 57.1 Å². The molecule has 1 aliphatic rings. The van der Waals surface area contributed by atoms with Crippen LogP contribution in [0.4, 0.5) is 0 Å². The van der Waals surface area contributed by atoms with Crippen molar-refractivity contribution in [1.29, 1.82) is 0 Å². The Balaban J connectivity index is 1.29. The van der Waals surface area contributed by atoms with Gasteiger partial charge >= 0.3 is 7.12 Å². The molecule has 1 fully saturated rings. The maximum atomic E-state index is 6.19. The van der Waals surface area contributed by atoms with Crippen molar-refractivity contribution in [2.75, 3.05) is 0 Å². The monoisotopic (exact) mass is 511 g/mol. The molecule has 5 nitrogen and oxygen atoms in total. The van der Waals surface area contributed by atoms with Crippen LogP contribution in [-0.4, -0.2) is 33.3 Å². The van der Waals surface area contributed by atoms with E-state index in [1.807, 2.05) is 72.9 Å². The van der Waals surface area contributed by atoms with Gasteiger partial charge in [-0.2, -0.15) is 0 Å². The van der Waals surface area contributed by atoms with Crippen molar-refractivity contribution in [3.05, 3.63) is 109 Å². The summed E-state index contributed by atoms with van der Waals surface area (Å²) < 4.78 is 12.4. The van der Waals surface area contributed by atoms with Gasteiger partial charge in [-0.1, -0.05) is 84.9 Å². The fraction of sp³-hybridized carbons (Fsp3) is 0.182. The van der Waals surface area contributed by atoms with Crippen molar-refractivity contribution >= 4 is 12.6 Å². The van der Waals surface area contributed by atoms with Crippen LogP contribution in [0.25, 0.3) is 45.2 Å². The Kier molecular flexibility index (Phi) is 6.38. The molecule has 3 heterocycles. The molecule has 0 radical (unpaired) electrons. The highest BCUT2D eigenvalue weighted by atomic mass is 16.7. The van der Waals surface area contributed by atoms with E-state index in [-0.39, 0.29) is 18.3 Å². The predicted molar refractivity (Wildman–Crippen MR) is 157 cm³/mol. The minimum absolute atomic E-state index is 0.367. The molecule has 6 rings (SSSR count). The van der Waals surface area contributed by atoms with Crippen LogP contribution in [-0.2, 0) is 9.31 Å². The fourth-order valence-electron chi connectivity index (χ4n) is 4.58. The summed E-state index contributed by atoms with van der Waals surface area (Å²) in [5.74, 6) is 0.644. The lowest BCUT2D eigenvalue weighted by atomic mass is 9.79. The maximum Gasteiger partial charge on any atom is 0.494 e. The molecule has 0 N–H and O–H groups in total. The Morgan fingerprint density at radius 2 is 1.03 bits per heavy atom. The summed E-state index contributed by atoms with van der Waals surface area (Å²) in [6.07, 6.45) is 1.84. The van der Waals surface area contributed by atoms with Crippen LogP contribution in [0.3, 0.4) is 0 Å². The van der Waals surface area contributed by atoms with Crippen LogP contribution in [0.15, 0.2) is 109 Å². The normalized spacial score (nSPS) is 15.8. The van der Waals surface area contributed by atoms with E-state index in [9.17, 15) is 0 Å². The molecule has 0 bridgehead atoms. The third kappa shape index (κ3) is 5.01. The molecular weight excluding hydrogens is 481 g/mol. The summed E-state index contributed by atoms with van der Waals surface area (Å²) in [6, 6.07) is 34.7. The second-order valence-electron chi connectivity index (χ2n) is 10.8. The molecule has 0 aliphatic carbocycles. The minimum Gasteiger partial charge on any atom is -0.399 e. The van der Waals surface area contributed by atoms with Crippen molar-refractivity contribution in [2.24, 2.45) is 0 Å². The molecule has 0 atom stereocenters. The highest BCUT2D eigenvalue weighted by Crippen LogP contribution is 2.36. The third-order valence-electron chi connectivity index (χ3n) is 7.62. The Hall–Kier alpha value is -4.13. The second kappa shape index (κ2) is 9.88. The van der Waals surface area contributed by atoms with Crippen molar-refractivity contribution < 1.29 is 9.31 Å². The molecule has 5 aromatic rings. The van der Waals surface area contributed by atoms with Gasteiger partial charge < -0.3 is 9.31 Å². The van der Waals surface area contributed by atoms with E-state index in [1.165, 1.54) is 0 Å². The average molecular weight is 511 g/mol. The lowest BCUT2D eigenvalue weighted by Crippen LogP contribution is -2.41. The molecule has 1 saturated heterocycles. The van der Waals surface area contributed by atoms with Gasteiger partial charge in [0, 0.05) is 28.5 Å². The first-order valence-corrected chi connectivity index (χ1v) is 13.2. The number of hydrogen-bond donors (Lipinski definition) is 0. The molecule has 1 aliphatic heterocycles. The third-order valence-corrected chi connectivity index (χ3v) is 7.62. The summed E-state index contributed by atoms with van der Waals surface area (Å²) in [6.45, 7) is 8.26. The van der Waals surface area contributed by atoms with E-state index in [0.717, 1.165) is 44.8 Å². The molecule has 39 heavy (non-hydrogen) atoms. The largest absolute Gasteiger partial charge is 0.494 e. The summed E-state index contributed by atoms with van der Waals surface area (Å²) in [5, 5.41) is 0. The Morgan fingerprint density at radius 1 is 0.538 bits per heavy atom. The van der Waals surface area contributed by atoms with Crippen LogP contribution < -0.4 is 5.46 Å². The number of benzene rings is 3. The van der Waals surface area contributed by atoms with E-state index < -0.39 is 0 Å². The van der Waals surface area contributed by atoms with Gasteiger partial charge in [0.1, 0.15) is 0 Å². The number of nitrogens with zero attached hydrogens (tertiary/aromatic N) is 3. The van der Waals surface area contributed by atoms with Crippen LogP contribution in [0, 0.1) is 0 Å². The number of rotatable bonds is 5. The van der Waals surface area contributed by atoms with E-state index in [0.29, 0.717) is 5.82 Å². The molecule has 3 aromatic carbocycles. The predicted octanol–water partition coefficient (Wildman–Crippen LogP) is 6.84. The number of hydrogen-bond acceptors (Lipinski definition) is 5. The molecule has 6 heteroatoms. The first-order valence-electron chi connectivity index (χ1n) is 13.2. The van der Waals surface area contributed by atoms with Gasteiger partial charge in [0.25, 0.3) is 0 Å². The highest BCUT2D eigenvalue weighted by Gasteiger charge is 2.51. The van der Waals surface area contributed by atoms with Crippen molar-refractivity contribution in [3.63, 3.8) is 0 Å². The van der Waals surface area contributed by atoms with Gasteiger partial charge in [-0.25, -0.2) is 9.97 Å². The van der Waals surface area contributed by atoms with Crippen LogP contribution >= 0.6 is 0 Å². The maximum absolute atomic E-state index is 6.19. The van der Waals surface area contributed by atoms with Gasteiger partial charge in [0.2, 0.25) is 0 Å². The van der Waals surface area contributed by atoms with Crippen molar-refractivity contribution in [3.8, 4) is 45.2 Å². The van der Waals surface area contributed by atoms with E-state index >= 15 is 0 Å².